The van der Waals surface area contributed by atoms with Gasteiger partial charge in [0, 0.05) is 25.2 Å². The third kappa shape index (κ3) is 4.31. The molecule has 0 saturated heterocycles. The van der Waals surface area contributed by atoms with Gasteiger partial charge in [-0.15, -0.1) is 0 Å². The number of carboxylic acid groups (broad SMARTS) is 1. The van der Waals surface area contributed by atoms with Crippen molar-refractivity contribution < 1.29 is 19.1 Å². The van der Waals surface area contributed by atoms with E-state index >= 15 is 0 Å². The number of hydrogen-bond donors (Lipinski definition) is 1. The Labute approximate surface area is 111 Å². The number of nitrogens with zero attached hydrogens (tertiary/aromatic N) is 2. The normalized spacial score (nSPS) is 10.5. The van der Waals surface area contributed by atoms with Crippen molar-refractivity contribution in [2.24, 2.45) is 0 Å². The minimum Gasteiger partial charge on any atom is -0.481 e. The third-order valence-electron chi connectivity index (χ3n) is 2.68. The third-order valence-corrected chi connectivity index (χ3v) is 2.68. The van der Waals surface area contributed by atoms with Crippen molar-refractivity contribution in [3.63, 3.8) is 0 Å². The number of rotatable bonds is 6. The van der Waals surface area contributed by atoms with Crippen molar-refractivity contribution >= 4 is 11.9 Å². The van der Waals surface area contributed by atoms with Crippen molar-refractivity contribution in [3.8, 4) is 0 Å². The molecular weight excluding hydrogens is 251 g/mol. The zero-order valence-corrected chi connectivity index (χ0v) is 11.0. The largest absolute Gasteiger partial charge is 0.481 e. The van der Waals surface area contributed by atoms with Crippen LogP contribution < -0.4 is 0 Å². The highest BCUT2D eigenvalue weighted by Gasteiger charge is 2.21. The van der Waals surface area contributed by atoms with Crippen LogP contribution in [0.5, 0.6) is 0 Å². The average Bonchev–Trinajstić information content (AvgIpc) is 2.33. The fraction of sp³-hybridized carbons (Fsp3) is 0.462. The first-order valence-electron chi connectivity index (χ1n) is 6.05. The molecule has 0 aromatic carbocycles. The Balaban J connectivity index is 2.79. The summed E-state index contributed by atoms with van der Waals surface area (Å²) in [5.41, 5.74) is -0.0426. The summed E-state index contributed by atoms with van der Waals surface area (Å²) in [6, 6.07) is 1.19. The van der Waals surface area contributed by atoms with Gasteiger partial charge in [0.25, 0.3) is 5.91 Å². The fourth-order valence-corrected chi connectivity index (χ4v) is 1.70. The van der Waals surface area contributed by atoms with Crippen LogP contribution in [0.3, 0.4) is 0 Å². The van der Waals surface area contributed by atoms with Crippen LogP contribution in [0.15, 0.2) is 18.5 Å². The molecule has 104 valence electrons. The predicted molar refractivity (Wildman–Crippen MR) is 67.2 cm³/mol. The lowest BCUT2D eigenvalue weighted by Gasteiger charge is -2.26. The van der Waals surface area contributed by atoms with E-state index in [1.54, 1.807) is 13.8 Å². The van der Waals surface area contributed by atoms with E-state index in [1.807, 2.05) is 0 Å². The van der Waals surface area contributed by atoms with Crippen LogP contribution in [-0.2, 0) is 4.79 Å². The Bertz CT molecular complexity index is 463. The SMILES string of the molecule is CC(C)N(CCCC(=O)O)C(=O)c1ccncc1F. The lowest BCUT2D eigenvalue weighted by atomic mass is 10.1. The first-order chi connectivity index (χ1) is 8.93. The Hall–Kier alpha value is -1.98. The molecule has 0 aliphatic carbocycles. The van der Waals surface area contributed by atoms with Gasteiger partial charge < -0.3 is 10.0 Å². The molecule has 0 aliphatic heterocycles. The van der Waals surface area contributed by atoms with E-state index in [9.17, 15) is 14.0 Å². The zero-order chi connectivity index (χ0) is 14.4. The maximum absolute atomic E-state index is 13.5. The number of aliphatic carboxylic acids is 1. The highest BCUT2D eigenvalue weighted by molar-refractivity contribution is 5.94. The van der Waals surface area contributed by atoms with Gasteiger partial charge in [0.15, 0.2) is 5.82 Å². The van der Waals surface area contributed by atoms with Crippen LogP contribution in [0.4, 0.5) is 4.39 Å². The molecule has 0 unspecified atom stereocenters. The Kier molecular flexibility index (Phi) is 5.41. The molecule has 19 heavy (non-hydrogen) atoms. The van der Waals surface area contributed by atoms with Gasteiger partial charge in [0.05, 0.1) is 11.8 Å². The van der Waals surface area contributed by atoms with Crippen molar-refractivity contribution in [2.75, 3.05) is 6.54 Å². The fourth-order valence-electron chi connectivity index (χ4n) is 1.70. The molecule has 0 atom stereocenters. The molecule has 0 bridgehead atoms. The molecular formula is C13H17FN2O3. The smallest absolute Gasteiger partial charge is 0.303 e. The van der Waals surface area contributed by atoms with Crippen LogP contribution in [-0.4, -0.2) is 39.5 Å². The van der Waals surface area contributed by atoms with Crippen LogP contribution in [0.2, 0.25) is 0 Å². The standard InChI is InChI=1S/C13H17FN2O3/c1-9(2)16(7-3-4-12(17)18)13(19)10-5-6-15-8-11(10)14/h5-6,8-9H,3-4,7H2,1-2H3,(H,17,18). The number of hydrogen-bond acceptors (Lipinski definition) is 3. The lowest BCUT2D eigenvalue weighted by Crippen LogP contribution is -2.38. The molecule has 0 radical (unpaired) electrons. The molecule has 0 saturated carbocycles. The number of carboxylic acids is 1. The van der Waals surface area contributed by atoms with E-state index in [0.29, 0.717) is 6.42 Å². The second-order valence-electron chi connectivity index (χ2n) is 4.45. The Morgan fingerprint density at radius 3 is 2.68 bits per heavy atom. The highest BCUT2D eigenvalue weighted by Crippen LogP contribution is 2.12. The van der Waals surface area contributed by atoms with E-state index in [-0.39, 0.29) is 24.6 Å². The molecule has 1 aromatic rings. The minimum absolute atomic E-state index is 0.0185. The van der Waals surface area contributed by atoms with E-state index in [1.165, 1.54) is 17.2 Å². The van der Waals surface area contributed by atoms with E-state index in [0.717, 1.165) is 6.20 Å². The van der Waals surface area contributed by atoms with Gasteiger partial charge in [-0.1, -0.05) is 0 Å². The number of amides is 1. The summed E-state index contributed by atoms with van der Waals surface area (Å²) >= 11 is 0. The Morgan fingerprint density at radius 2 is 2.16 bits per heavy atom. The number of pyridine rings is 1. The van der Waals surface area contributed by atoms with Crippen LogP contribution in [0.1, 0.15) is 37.0 Å². The summed E-state index contributed by atoms with van der Waals surface area (Å²) in [6.45, 7) is 3.89. The predicted octanol–water partition coefficient (Wildman–Crippen LogP) is 1.94. The molecule has 1 aromatic heterocycles. The van der Waals surface area contributed by atoms with Crippen molar-refractivity contribution in [1.82, 2.24) is 9.88 Å². The summed E-state index contributed by atoms with van der Waals surface area (Å²) in [5.74, 6) is -2.03. The molecule has 1 amide bonds. The van der Waals surface area contributed by atoms with E-state index < -0.39 is 17.7 Å². The first-order valence-corrected chi connectivity index (χ1v) is 6.05. The average molecular weight is 268 g/mol. The number of halogens is 1. The maximum Gasteiger partial charge on any atom is 0.303 e. The second-order valence-corrected chi connectivity index (χ2v) is 4.45. The van der Waals surface area contributed by atoms with Crippen molar-refractivity contribution in [1.29, 1.82) is 0 Å². The molecule has 1 N–H and O–H groups in total. The lowest BCUT2D eigenvalue weighted by molar-refractivity contribution is -0.137. The number of carbonyl (C=O) groups excluding carboxylic acids is 1. The quantitative estimate of drug-likeness (QED) is 0.855. The van der Waals surface area contributed by atoms with E-state index in [4.69, 9.17) is 5.11 Å². The number of carbonyl (C=O) groups is 2. The van der Waals surface area contributed by atoms with E-state index in [2.05, 4.69) is 4.98 Å². The van der Waals surface area contributed by atoms with Gasteiger partial charge in [-0.05, 0) is 26.3 Å². The molecule has 0 spiro atoms. The summed E-state index contributed by atoms with van der Waals surface area (Å²) in [6.07, 6.45) is 2.66. The molecule has 1 heterocycles. The first kappa shape index (κ1) is 15.1. The van der Waals surface area contributed by atoms with Gasteiger partial charge in [-0.3, -0.25) is 14.6 Å². The van der Waals surface area contributed by atoms with Crippen LogP contribution in [0, 0.1) is 5.82 Å². The summed E-state index contributed by atoms with van der Waals surface area (Å²) < 4.78 is 13.5. The monoisotopic (exact) mass is 268 g/mol. The second kappa shape index (κ2) is 6.82. The van der Waals surface area contributed by atoms with Gasteiger partial charge in [-0.2, -0.15) is 0 Å². The maximum atomic E-state index is 13.5. The number of aromatic nitrogens is 1. The highest BCUT2D eigenvalue weighted by atomic mass is 19.1. The molecule has 6 heteroatoms. The summed E-state index contributed by atoms with van der Waals surface area (Å²) in [5, 5.41) is 8.59. The van der Waals surface area contributed by atoms with Gasteiger partial charge in [0.1, 0.15) is 0 Å². The summed E-state index contributed by atoms with van der Waals surface area (Å²) in [7, 11) is 0. The Morgan fingerprint density at radius 1 is 1.47 bits per heavy atom. The molecule has 0 aliphatic rings. The van der Waals surface area contributed by atoms with Crippen LogP contribution in [0.25, 0.3) is 0 Å². The summed E-state index contributed by atoms with van der Waals surface area (Å²) in [4.78, 5) is 27.7. The van der Waals surface area contributed by atoms with Crippen molar-refractivity contribution in [2.45, 2.75) is 32.7 Å². The van der Waals surface area contributed by atoms with Crippen LogP contribution >= 0.6 is 0 Å². The molecule has 0 fully saturated rings. The molecule has 1 rings (SSSR count). The molecule has 5 nitrogen and oxygen atoms in total. The van der Waals surface area contributed by atoms with Gasteiger partial charge in [-0.25, -0.2) is 4.39 Å². The van der Waals surface area contributed by atoms with Gasteiger partial charge in [0.2, 0.25) is 0 Å². The van der Waals surface area contributed by atoms with Gasteiger partial charge >= 0.3 is 5.97 Å². The topological polar surface area (TPSA) is 70.5 Å². The zero-order valence-electron chi connectivity index (χ0n) is 11.0. The minimum atomic E-state index is -0.911. The van der Waals surface area contributed by atoms with Crippen molar-refractivity contribution in [3.05, 3.63) is 29.8 Å².